The van der Waals surface area contributed by atoms with Crippen LogP contribution in [0.5, 0.6) is 0 Å². The Morgan fingerprint density at radius 1 is 0.882 bits per heavy atom. The van der Waals surface area contributed by atoms with Gasteiger partial charge in [0, 0.05) is 32.3 Å². The molecule has 0 bridgehead atoms. The molecule has 1 amide bonds. The molecular weight excluding hydrogens is 680 g/mol. The predicted octanol–water partition coefficient (Wildman–Crippen LogP) is 5.14. The number of hydrazine groups is 1. The van der Waals surface area contributed by atoms with Crippen LogP contribution in [0.4, 0.5) is 0 Å². The van der Waals surface area contributed by atoms with Crippen molar-refractivity contribution in [3.63, 3.8) is 0 Å². The van der Waals surface area contributed by atoms with Gasteiger partial charge in [-0.3, -0.25) is 25.5 Å². The topological polar surface area (TPSA) is 229 Å². The number of methoxy groups -OCH3 is 4. The fourth-order valence-electron chi connectivity index (χ4n) is 4.37. The van der Waals surface area contributed by atoms with Gasteiger partial charge in [-0.1, -0.05) is 39.8 Å². The first-order valence-electron chi connectivity index (χ1n) is 15.6. The van der Waals surface area contributed by atoms with Gasteiger partial charge in [-0.05, 0) is 66.3 Å². The summed E-state index contributed by atoms with van der Waals surface area (Å²) in [6.45, 7) is 13.6. The lowest BCUT2D eigenvalue weighted by Gasteiger charge is -2.15. The third-order valence-electron chi connectivity index (χ3n) is 6.79. The molecule has 282 valence electrons. The number of aliphatic carboxylic acids is 1. The smallest absolute Gasteiger partial charge is 0.338 e. The maximum atomic E-state index is 12.1. The quantitative estimate of drug-likeness (QED) is 0.0455. The van der Waals surface area contributed by atoms with E-state index >= 15 is 0 Å². The molecule has 16 heteroatoms. The van der Waals surface area contributed by atoms with Crippen LogP contribution in [0.1, 0.15) is 101 Å². The Kier molecular flexibility index (Phi) is 21.6. The van der Waals surface area contributed by atoms with E-state index in [-0.39, 0.29) is 36.3 Å². The number of carboxylic acids is 1. The van der Waals surface area contributed by atoms with E-state index in [1.54, 1.807) is 19.2 Å². The summed E-state index contributed by atoms with van der Waals surface area (Å²) in [6.07, 6.45) is 1.86. The zero-order valence-corrected chi connectivity index (χ0v) is 32.3. The summed E-state index contributed by atoms with van der Waals surface area (Å²) in [4.78, 5) is 47.3. The molecular formula is C35H52N6O9S. The number of thioether (sulfide) groups is 1. The monoisotopic (exact) mass is 732 g/mol. The van der Waals surface area contributed by atoms with Crippen LogP contribution >= 0.6 is 11.8 Å². The van der Waals surface area contributed by atoms with Gasteiger partial charge in [0.1, 0.15) is 13.2 Å². The van der Waals surface area contributed by atoms with Crippen LogP contribution in [0.15, 0.2) is 24.3 Å². The molecule has 0 aliphatic carbocycles. The highest BCUT2D eigenvalue weighted by Crippen LogP contribution is 2.29. The van der Waals surface area contributed by atoms with Crippen LogP contribution in [-0.2, 0) is 35.1 Å². The number of H-pyrrole nitrogens is 1. The third kappa shape index (κ3) is 15.4. The molecule has 51 heavy (non-hydrogen) atoms. The van der Waals surface area contributed by atoms with E-state index in [4.69, 9.17) is 29.5 Å². The second-order valence-electron chi connectivity index (χ2n) is 11.4. The summed E-state index contributed by atoms with van der Waals surface area (Å²) in [6, 6.07) is 7.56. The average molecular weight is 733 g/mol. The van der Waals surface area contributed by atoms with Crippen molar-refractivity contribution in [1.29, 1.82) is 5.41 Å². The summed E-state index contributed by atoms with van der Waals surface area (Å²) in [5.74, 6) is 4.50. The summed E-state index contributed by atoms with van der Waals surface area (Å²) in [7, 11) is 5.79. The van der Waals surface area contributed by atoms with Crippen LogP contribution in [0, 0.1) is 19.3 Å². The Balaban J connectivity index is 0.000000769. The average Bonchev–Trinajstić information content (AvgIpc) is 3.55. The molecule has 0 fully saturated rings. The summed E-state index contributed by atoms with van der Waals surface area (Å²) in [5.41, 5.74) is 8.58. The third-order valence-corrected chi connectivity index (χ3v) is 7.41. The van der Waals surface area contributed by atoms with Gasteiger partial charge in [0.2, 0.25) is 0 Å². The summed E-state index contributed by atoms with van der Waals surface area (Å²) in [5, 5.41) is 22.8. The van der Waals surface area contributed by atoms with Crippen LogP contribution in [-0.4, -0.2) is 90.4 Å². The molecule has 6 N–H and O–H groups in total. The molecule has 0 saturated heterocycles. The molecule has 3 aromatic rings. The Bertz CT molecular complexity index is 1620. The minimum absolute atomic E-state index is 0.0243. The Morgan fingerprint density at radius 2 is 1.37 bits per heavy atom. The van der Waals surface area contributed by atoms with E-state index in [2.05, 4.69) is 25.8 Å². The van der Waals surface area contributed by atoms with Gasteiger partial charge >= 0.3 is 11.9 Å². The van der Waals surface area contributed by atoms with Crippen molar-refractivity contribution in [3.05, 3.63) is 69.0 Å². The molecule has 1 aromatic heterocycles. The molecule has 0 unspecified atom stereocenters. The normalized spacial score (nSPS) is 10.1. The second kappa shape index (κ2) is 23.7. The van der Waals surface area contributed by atoms with E-state index in [0.29, 0.717) is 34.4 Å². The minimum atomic E-state index is -0.833. The van der Waals surface area contributed by atoms with E-state index in [0.717, 1.165) is 40.3 Å². The number of amides is 1. The number of hydrogen-bond acceptors (Lipinski definition) is 13. The highest BCUT2D eigenvalue weighted by atomic mass is 32.2. The first-order valence-corrected chi connectivity index (χ1v) is 16.8. The predicted molar refractivity (Wildman–Crippen MR) is 197 cm³/mol. The van der Waals surface area contributed by atoms with Gasteiger partial charge in [-0.2, -0.15) is 5.10 Å². The minimum Gasteiger partial charge on any atom is -0.481 e. The summed E-state index contributed by atoms with van der Waals surface area (Å²) >= 11 is 1.37. The van der Waals surface area contributed by atoms with E-state index in [9.17, 15) is 14.4 Å². The fraction of sp³-hybridized carbons (Fsp3) is 0.457. The van der Waals surface area contributed by atoms with E-state index in [1.807, 2.05) is 65.4 Å². The van der Waals surface area contributed by atoms with Crippen molar-refractivity contribution in [1.82, 2.24) is 20.6 Å². The number of rotatable bonds is 10. The number of nitrogens with one attached hydrogen (secondary N) is 3. The van der Waals surface area contributed by atoms with Gasteiger partial charge < -0.3 is 24.1 Å². The number of aromatic nitrogens is 3. The van der Waals surface area contributed by atoms with Crippen molar-refractivity contribution < 1.29 is 43.2 Å². The van der Waals surface area contributed by atoms with Crippen LogP contribution in [0.3, 0.4) is 0 Å². The number of ether oxygens (including phenoxy) is 4. The SMILES string of the molecule is CC(=O)O.COC(=O)c1cc(C(=N)SC)c(C)cc1C(C)C.COCC(=O)NN.COCc1nc(-c2cc(C(=O)OC)c(C(C)C)cc2C)n[nH]1. The highest BCUT2D eigenvalue weighted by molar-refractivity contribution is 8.13. The number of benzene rings is 2. The zero-order valence-electron chi connectivity index (χ0n) is 31.5. The number of esters is 2. The number of aromatic amines is 1. The molecule has 0 radical (unpaired) electrons. The lowest BCUT2D eigenvalue weighted by molar-refractivity contribution is -0.134. The molecule has 0 spiro atoms. The second-order valence-corrected chi connectivity index (χ2v) is 12.2. The van der Waals surface area contributed by atoms with E-state index in [1.165, 1.54) is 33.1 Å². The van der Waals surface area contributed by atoms with Crippen LogP contribution < -0.4 is 11.3 Å². The van der Waals surface area contributed by atoms with Gasteiger partial charge in [0.15, 0.2) is 11.6 Å². The van der Waals surface area contributed by atoms with E-state index < -0.39 is 5.97 Å². The molecule has 0 aliphatic rings. The maximum absolute atomic E-state index is 12.1. The van der Waals surface area contributed by atoms with Crippen molar-refractivity contribution >= 4 is 40.6 Å². The van der Waals surface area contributed by atoms with Crippen molar-refractivity contribution in [2.24, 2.45) is 5.84 Å². The molecule has 0 atom stereocenters. The largest absolute Gasteiger partial charge is 0.481 e. The number of carbonyl (C=O) groups is 4. The number of carboxylic acid groups (broad SMARTS) is 1. The van der Waals surface area contributed by atoms with Gasteiger partial charge in [-0.15, -0.1) is 11.8 Å². The van der Waals surface area contributed by atoms with Gasteiger partial charge in [-0.25, -0.2) is 20.4 Å². The van der Waals surface area contributed by atoms with Gasteiger partial charge in [0.05, 0.1) is 30.4 Å². The van der Waals surface area contributed by atoms with Crippen molar-refractivity contribution in [3.8, 4) is 11.4 Å². The fourth-order valence-corrected chi connectivity index (χ4v) is 4.81. The lowest BCUT2D eigenvalue weighted by Crippen LogP contribution is -2.32. The standard InChI is InChI=1S/C16H21N3O3.C14H19NO2S.C3H8N2O2.C2H4O2/c1-9(2)11-6-10(3)12(7-13(11)16(20)22-5)15-17-14(8-21-4)18-19-15;1-8(2)10-6-9(3)11(13(15)18-5)7-12(10)14(16)17-4;1-7-2-3(6)5-4;1-2(3)4/h6-7,9H,8H2,1-5H3,(H,17,18,19);6-8,15H,1-5H3;2,4H2,1H3,(H,5,6);1H3,(H,3,4). The number of hydrogen-bond donors (Lipinski definition) is 5. The van der Waals surface area contributed by atoms with Crippen LogP contribution in [0.2, 0.25) is 0 Å². The number of nitrogens with zero attached hydrogens (tertiary/aromatic N) is 2. The zero-order chi connectivity index (χ0) is 39.4. The van der Waals surface area contributed by atoms with Crippen molar-refractivity contribution in [2.45, 2.75) is 66.9 Å². The van der Waals surface area contributed by atoms with Crippen LogP contribution in [0.25, 0.3) is 11.4 Å². The summed E-state index contributed by atoms with van der Waals surface area (Å²) < 4.78 is 19.1. The highest BCUT2D eigenvalue weighted by Gasteiger charge is 2.20. The molecule has 0 saturated carbocycles. The first-order chi connectivity index (χ1) is 23.9. The molecule has 3 rings (SSSR count). The molecule has 0 aliphatic heterocycles. The van der Waals surface area contributed by atoms with Gasteiger partial charge in [0.25, 0.3) is 11.9 Å². The lowest BCUT2D eigenvalue weighted by atomic mass is 9.92. The number of nitrogens with two attached hydrogens (primary N) is 1. The number of carbonyl (C=O) groups excluding carboxylic acids is 3. The Morgan fingerprint density at radius 3 is 1.76 bits per heavy atom. The molecule has 15 nitrogen and oxygen atoms in total. The molecule has 2 aromatic carbocycles. The maximum Gasteiger partial charge on any atom is 0.338 e. The Labute approximate surface area is 303 Å². The Hall–Kier alpha value is -4.64. The molecule has 1 heterocycles. The number of aryl methyl sites for hydroxylation is 2. The first kappa shape index (κ1) is 46.4. The van der Waals surface area contributed by atoms with Crippen molar-refractivity contribution in [2.75, 3.05) is 41.3 Å².